The molecule has 0 bridgehead atoms. The highest BCUT2D eigenvalue weighted by atomic mass is 16.3. The Balaban J connectivity index is 1.58. The van der Waals surface area contributed by atoms with Gasteiger partial charge in [-0.05, 0) is 55.6 Å². The lowest BCUT2D eigenvalue weighted by Gasteiger charge is -2.15. The maximum atomic E-state index is 12.2. The summed E-state index contributed by atoms with van der Waals surface area (Å²) in [4.78, 5) is 14.7. The summed E-state index contributed by atoms with van der Waals surface area (Å²) >= 11 is 0. The lowest BCUT2D eigenvalue weighted by Crippen LogP contribution is -2.22. The van der Waals surface area contributed by atoms with Gasteiger partial charge in [0, 0.05) is 12.2 Å². The van der Waals surface area contributed by atoms with Crippen molar-refractivity contribution in [2.45, 2.75) is 25.4 Å². The molecule has 4 nitrogen and oxygen atoms in total. The topological polar surface area (TPSA) is 52.6 Å². The van der Waals surface area contributed by atoms with Crippen molar-refractivity contribution in [2.75, 3.05) is 25.0 Å². The lowest BCUT2D eigenvalue weighted by atomic mass is 10.1. The highest BCUT2D eigenvalue weighted by Gasteiger charge is 2.17. The number of likely N-dealkylation sites (tertiary alicyclic amines) is 1. The summed E-state index contributed by atoms with van der Waals surface area (Å²) in [7, 11) is 0. The number of nitrogens with one attached hydrogen (secondary N) is 1. The van der Waals surface area contributed by atoms with Crippen molar-refractivity contribution in [1.82, 2.24) is 4.90 Å². The van der Waals surface area contributed by atoms with Crippen molar-refractivity contribution in [3.05, 3.63) is 65.7 Å². The van der Waals surface area contributed by atoms with Crippen molar-refractivity contribution < 1.29 is 9.90 Å². The molecular formula is C20H24N2O2. The average Bonchev–Trinajstić information content (AvgIpc) is 3.14. The van der Waals surface area contributed by atoms with E-state index in [4.69, 9.17) is 0 Å². The molecule has 0 aliphatic carbocycles. The standard InChI is InChI=1S/C20H24N2O2/c23-19(17-8-2-1-3-9-17)20(24)21-18-10-6-7-16(15-18)11-14-22-12-4-5-13-22/h1-3,6-10,15,19,23H,4-5,11-14H2,(H,21,24). The number of nitrogens with zero attached hydrogens (tertiary/aromatic N) is 1. The number of anilines is 1. The van der Waals surface area contributed by atoms with Crippen LogP contribution in [0.25, 0.3) is 0 Å². The molecular weight excluding hydrogens is 300 g/mol. The van der Waals surface area contributed by atoms with Crippen LogP contribution in [0.1, 0.15) is 30.1 Å². The second kappa shape index (κ2) is 8.08. The normalized spacial score (nSPS) is 16.0. The van der Waals surface area contributed by atoms with Crippen LogP contribution in [-0.4, -0.2) is 35.5 Å². The maximum Gasteiger partial charge on any atom is 0.257 e. The van der Waals surface area contributed by atoms with E-state index in [2.05, 4.69) is 16.3 Å². The molecule has 1 amide bonds. The smallest absolute Gasteiger partial charge is 0.257 e. The molecule has 2 aromatic carbocycles. The number of hydrogen-bond donors (Lipinski definition) is 2. The third-order valence-electron chi connectivity index (χ3n) is 4.47. The molecule has 3 rings (SSSR count). The van der Waals surface area contributed by atoms with Gasteiger partial charge in [0.15, 0.2) is 6.10 Å². The molecule has 1 aliphatic rings. The SMILES string of the molecule is O=C(Nc1cccc(CCN2CCCC2)c1)C(O)c1ccccc1. The second-order valence-corrected chi connectivity index (χ2v) is 6.30. The molecule has 0 saturated carbocycles. The molecule has 1 unspecified atom stereocenters. The van der Waals surface area contributed by atoms with Gasteiger partial charge >= 0.3 is 0 Å². The van der Waals surface area contributed by atoms with Crippen LogP contribution in [0.4, 0.5) is 5.69 Å². The second-order valence-electron chi connectivity index (χ2n) is 6.30. The van der Waals surface area contributed by atoms with Crippen molar-refractivity contribution in [3.8, 4) is 0 Å². The highest BCUT2D eigenvalue weighted by molar-refractivity contribution is 5.94. The zero-order valence-electron chi connectivity index (χ0n) is 13.8. The molecule has 4 heteroatoms. The minimum Gasteiger partial charge on any atom is -0.378 e. The summed E-state index contributed by atoms with van der Waals surface area (Å²) in [6, 6.07) is 16.9. The molecule has 0 radical (unpaired) electrons. The summed E-state index contributed by atoms with van der Waals surface area (Å²) in [6.45, 7) is 3.45. The Bertz CT molecular complexity index is 666. The summed E-state index contributed by atoms with van der Waals surface area (Å²) in [5.74, 6) is -0.405. The molecule has 1 heterocycles. The minimum atomic E-state index is -1.15. The third-order valence-corrected chi connectivity index (χ3v) is 4.47. The molecule has 2 N–H and O–H groups in total. The van der Waals surface area contributed by atoms with Crippen LogP contribution >= 0.6 is 0 Å². The summed E-state index contributed by atoms with van der Waals surface area (Å²) in [5, 5.41) is 13.0. The van der Waals surface area contributed by atoms with Crippen molar-refractivity contribution in [1.29, 1.82) is 0 Å². The molecule has 1 aliphatic heterocycles. The first kappa shape index (κ1) is 16.7. The molecule has 126 valence electrons. The number of carbonyl (C=O) groups excluding carboxylic acids is 1. The van der Waals surface area contributed by atoms with Crippen LogP contribution in [0, 0.1) is 0 Å². The number of hydrogen-bond acceptors (Lipinski definition) is 3. The number of benzene rings is 2. The molecule has 0 spiro atoms. The van der Waals surface area contributed by atoms with E-state index in [0.29, 0.717) is 5.56 Å². The molecule has 1 atom stereocenters. The third kappa shape index (κ3) is 4.43. The summed E-state index contributed by atoms with van der Waals surface area (Å²) in [6.07, 6.45) is 2.42. The monoisotopic (exact) mass is 324 g/mol. The number of carbonyl (C=O) groups is 1. The van der Waals surface area contributed by atoms with Crippen LogP contribution in [0.3, 0.4) is 0 Å². The van der Waals surface area contributed by atoms with Crippen molar-refractivity contribution in [2.24, 2.45) is 0 Å². The van der Waals surface area contributed by atoms with Gasteiger partial charge in [-0.1, -0.05) is 42.5 Å². The quantitative estimate of drug-likeness (QED) is 0.859. The minimum absolute atomic E-state index is 0.405. The Morgan fingerprint density at radius 1 is 1.08 bits per heavy atom. The van der Waals surface area contributed by atoms with Gasteiger partial charge in [0.05, 0.1) is 0 Å². The van der Waals surface area contributed by atoms with Crippen LogP contribution < -0.4 is 5.32 Å². The number of amides is 1. The van der Waals surface area contributed by atoms with Crippen LogP contribution in [0.15, 0.2) is 54.6 Å². The molecule has 1 fully saturated rings. The zero-order valence-corrected chi connectivity index (χ0v) is 13.8. The predicted molar refractivity (Wildman–Crippen MR) is 95.9 cm³/mol. The zero-order chi connectivity index (χ0) is 16.8. The summed E-state index contributed by atoms with van der Waals surface area (Å²) < 4.78 is 0. The highest BCUT2D eigenvalue weighted by Crippen LogP contribution is 2.17. The van der Waals surface area contributed by atoms with Crippen molar-refractivity contribution in [3.63, 3.8) is 0 Å². The van der Waals surface area contributed by atoms with Gasteiger partial charge in [0.1, 0.15) is 0 Å². The molecule has 2 aromatic rings. The van der Waals surface area contributed by atoms with E-state index < -0.39 is 12.0 Å². The number of aliphatic hydroxyl groups is 1. The lowest BCUT2D eigenvalue weighted by molar-refractivity contribution is -0.124. The van der Waals surface area contributed by atoms with E-state index in [-0.39, 0.29) is 0 Å². The largest absolute Gasteiger partial charge is 0.378 e. The number of aliphatic hydroxyl groups excluding tert-OH is 1. The van der Waals surface area contributed by atoms with Crippen LogP contribution in [0.5, 0.6) is 0 Å². The molecule has 1 saturated heterocycles. The van der Waals surface area contributed by atoms with E-state index in [1.54, 1.807) is 12.1 Å². The van der Waals surface area contributed by atoms with Gasteiger partial charge < -0.3 is 15.3 Å². The molecule has 24 heavy (non-hydrogen) atoms. The fourth-order valence-electron chi connectivity index (χ4n) is 3.10. The fraction of sp³-hybridized carbons (Fsp3) is 0.350. The van der Waals surface area contributed by atoms with Crippen molar-refractivity contribution >= 4 is 11.6 Å². The summed E-state index contributed by atoms with van der Waals surface area (Å²) in [5.41, 5.74) is 2.53. The maximum absolute atomic E-state index is 12.2. The molecule has 0 aromatic heterocycles. The van der Waals surface area contributed by atoms with Gasteiger partial charge in [0.2, 0.25) is 0 Å². The van der Waals surface area contributed by atoms with Gasteiger partial charge in [0.25, 0.3) is 5.91 Å². The van der Waals surface area contributed by atoms with Gasteiger partial charge in [-0.15, -0.1) is 0 Å². The van der Waals surface area contributed by atoms with Gasteiger partial charge in [-0.2, -0.15) is 0 Å². The Kier molecular flexibility index (Phi) is 5.62. The predicted octanol–water partition coefficient (Wildman–Crippen LogP) is 3.00. The first-order chi connectivity index (χ1) is 11.7. The van der Waals surface area contributed by atoms with E-state index in [1.807, 2.05) is 36.4 Å². The average molecular weight is 324 g/mol. The van der Waals surface area contributed by atoms with Crippen LogP contribution in [0.2, 0.25) is 0 Å². The van der Waals surface area contributed by atoms with Gasteiger partial charge in [-0.3, -0.25) is 4.79 Å². The fourth-order valence-corrected chi connectivity index (χ4v) is 3.10. The first-order valence-electron chi connectivity index (χ1n) is 8.57. The van der Waals surface area contributed by atoms with Gasteiger partial charge in [-0.25, -0.2) is 0 Å². The Labute approximate surface area is 143 Å². The van der Waals surface area contributed by atoms with E-state index in [1.165, 1.54) is 31.5 Å². The van der Waals surface area contributed by atoms with Crippen LogP contribution in [-0.2, 0) is 11.2 Å². The Hall–Kier alpha value is -2.17. The Morgan fingerprint density at radius 2 is 1.83 bits per heavy atom. The number of rotatable bonds is 6. The first-order valence-corrected chi connectivity index (χ1v) is 8.57. The van der Waals surface area contributed by atoms with E-state index in [9.17, 15) is 9.90 Å². The Morgan fingerprint density at radius 3 is 2.58 bits per heavy atom. The van der Waals surface area contributed by atoms with E-state index >= 15 is 0 Å². The van der Waals surface area contributed by atoms with E-state index in [0.717, 1.165) is 18.7 Å².